The van der Waals surface area contributed by atoms with Crippen molar-refractivity contribution in [2.75, 3.05) is 13.1 Å². The molecule has 1 fully saturated rings. The number of nitrogens with one attached hydrogen (secondary N) is 1. The van der Waals surface area contributed by atoms with E-state index in [-0.39, 0.29) is 23.6 Å². The number of carbonyl (C=O) groups is 1. The van der Waals surface area contributed by atoms with Crippen LogP contribution in [0.4, 0.5) is 13.2 Å². The monoisotopic (exact) mass is 469 g/mol. The van der Waals surface area contributed by atoms with E-state index >= 15 is 0 Å². The molecule has 0 radical (unpaired) electrons. The van der Waals surface area contributed by atoms with Crippen molar-refractivity contribution in [1.29, 1.82) is 0 Å². The molecule has 0 unspecified atom stereocenters. The zero-order chi connectivity index (χ0) is 23.9. The molecule has 2 heterocycles. The van der Waals surface area contributed by atoms with Crippen LogP contribution in [-0.4, -0.2) is 46.0 Å². The number of hydrogen-bond donors (Lipinski definition) is 2. The number of aromatic nitrogens is 2. The van der Waals surface area contributed by atoms with Crippen molar-refractivity contribution in [2.45, 2.75) is 49.4 Å². The van der Waals surface area contributed by atoms with Gasteiger partial charge in [0.05, 0.1) is 17.8 Å². The first-order valence-electron chi connectivity index (χ1n) is 11.6. The minimum atomic E-state index is -4.77. The molecule has 3 aromatic rings. The number of alkyl halides is 3. The molecule has 34 heavy (non-hydrogen) atoms. The summed E-state index contributed by atoms with van der Waals surface area (Å²) in [5.74, 6) is -3.27. The molecule has 1 saturated heterocycles. The van der Waals surface area contributed by atoms with Crippen LogP contribution in [-0.2, 0) is 11.2 Å². The van der Waals surface area contributed by atoms with E-state index in [1.807, 2.05) is 60.7 Å². The quantitative estimate of drug-likeness (QED) is 0.603. The van der Waals surface area contributed by atoms with Crippen LogP contribution in [0.5, 0.6) is 0 Å². The molecule has 0 spiro atoms. The number of ketones is 1. The smallest absolute Gasteiger partial charge is 0.384 e. The third-order valence-electron chi connectivity index (χ3n) is 6.93. The fraction of sp³-hybridized carbons (Fsp3) is 0.385. The summed E-state index contributed by atoms with van der Waals surface area (Å²) in [6, 6.07) is 18.4. The van der Waals surface area contributed by atoms with Crippen molar-refractivity contribution in [3.8, 4) is 0 Å². The maximum atomic E-state index is 14.3. The van der Waals surface area contributed by atoms with Gasteiger partial charge in [-0.3, -0.25) is 9.48 Å². The van der Waals surface area contributed by atoms with Crippen molar-refractivity contribution in [2.24, 2.45) is 0 Å². The van der Waals surface area contributed by atoms with Crippen molar-refractivity contribution >= 4 is 5.78 Å². The predicted molar refractivity (Wildman–Crippen MR) is 121 cm³/mol. The molecule has 0 bridgehead atoms. The molecule has 2 aromatic carbocycles. The molecular formula is C26H26F3N3O2. The number of rotatable bonds is 4. The Hall–Kier alpha value is -2.97. The van der Waals surface area contributed by atoms with Crippen molar-refractivity contribution in [1.82, 2.24) is 15.1 Å². The Labute approximate surface area is 195 Å². The molecule has 8 heteroatoms. The summed E-state index contributed by atoms with van der Waals surface area (Å²) in [6.45, 7) is 1.37. The Bertz CT molecular complexity index is 1120. The van der Waals surface area contributed by atoms with Crippen LogP contribution < -0.4 is 5.32 Å². The van der Waals surface area contributed by atoms with Gasteiger partial charge in [0.15, 0.2) is 5.78 Å². The molecule has 1 aliphatic heterocycles. The third-order valence-corrected chi connectivity index (χ3v) is 6.93. The SMILES string of the molecule is O=C1Cc2c(c(C3CCNCC3)nn2C(c2ccccc2)c2ccccc2)[C@@H](C(F)(F)F)[C@H]1O. The second-order valence-electron chi connectivity index (χ2n) is 9.05. The number of Topliss-reactive ketones (excluding diaryl/α,β-unsaturated/α-hetero) is 1. The van der Waals surface area contributed by atoms with Gasteiger partial charge in [0.1, 0.15) is 18.1 Å². The van der Waals surface area contributed by atoms with Gasteiger partial charge in [-0.2, -0.15) is 18.3 Å². The summed E-state index contributed by atoms with van der Waals surface area (Å²) in [5.41, 5.74) is 2.32. The Balaban J connectivity index is 1.77. The molecule has 0 amide bonds. The molecule has 2 aliphatic rings. The number of halogens is 3. The lowest BCUT2D eigenvalue weighted by Gasteiger charge is -2.32. The van der Waals surface area contributed by atoms with Crippen molar-refractivity contribution < 1.29 is 23.1 Å². The number of benzene rings is 2. The number of aliphatic hydroxyl groups excluding tert-OH is 1. The predicted octanol–water partition coefficient (Wildman–Crippen LogP) is 4.12. The summed E-state index contributed by atoms with van der Waals surface area (Å²) in [5, 5.41) is 18.5. The van der Waals surface area contributed by atoms with E-state index in [4.69, 9.17) is 5.10 Å². The zero-order valence-electron chi connectivity index (χ0n) is 18.5. The summed E-state index contributed by atoms with van der Waals surface area (Å²) in [7, 11) is 0. The van der Waals surface area contributed by atoms with E-state index in [1.165, 1.54) is 0 Å². The molecule has 5 nitrogen and oxygen atoms in total. The van der Waals surface area contributed by atoms with E-state index in [9.17, 15) is 23.1 Å². The minimum absolute atomic E-state index is 0.0108. The van der Waals surface area contributed by atoms with Crippen LogP contribution in [0.3, 0.4) is 0 Å². The van der Waals surface area contributed by atoms with Gasteiger partial charge < -0.3 is 10.4 Å². The van der Waals surface area contributed by atoms with Crippen LogP contribution in [0.2, 0.25) is 0 Å². The highest BCUT2D eigenvalue weighted by atomic mass is 19.4. The van der Waals surface area contributed by atoms with Gasteiger partial charge in [-0.25, -0.2) is 0 Å². The van der Waals surface area contributed by atoms with E-state index in [0.29, 0.717) is 31.6 Å². The first-order chi connectivity index (χ1) is 16.4. The summed E-state index contributed by atoms with van der Waals surface area (Å²) >= 11 is 0. The second kappa shape index (κ2) is 9.00. The highest BCUT2D eigenvalue weighted by Gasteiger charge is 2.54. The van der Waals surface area contributed by atoms with Crippen LogP contribution in [0.15, 0.2) is 60.7 Å². The average Bonchev–Trinajstić information content (AvgIpc) is 3.19. The molecule has 2 atom stereocenters. The maximum Gasteiger partial charge on any atom is 0.398 e. The largest absolute Gasteiger partial charge is 0.398 e. The van der Waals surface area contributed by atoms with Gasteiger partial charge in [0, 0.05) is 11.5 Å². The highest BCUT2D eigenvalue weighted by Crippen LogP contribution is 2.47. The summed E-state index contributed by atoms with van der Waals surface area (Å²) in [6.07, 6.45) is -5.86. The van der Waals surface area contributed by atoms with Crippen LogP contribution in [0.1, 0.15) is 58.8 Å². The Morgan fingerprint density at radius 2 is 1.53 bits per heavy atom. The Morgan fingerprint density at radius 1 is 0.971 bits per heavy atom. The number of aliphatic hydroxyl groups is 1. The van der Waals surface area contributed by atoms with Gasteiger partial charge in [0.25, 0.3) is 0 Å². The van der Waals surface area contributed by atoms with Gasteiger partial charge >= 0.3 is 6.18 Å². The number of hydrogen-bond acceptors (Lipinski definition) is 4. The van der Waals surface area contributed by atoms with Crippen LogP contribution in [0.25, 0.3) is 0 Å². The van der Waals surface area contributed by atoms with E-state index in [2.05, 4.69) is 5.32 Å². The van der Waals surface area contributed by atoms with Crippen molar-refractivity contribution in [3.63, 3.8) is 0 Å². The second-order valence-corrected chi connectivity index (χ2v) is 9.05. The molecule has 1 aliphatic carbocycles. The lowest BCUT2D eigenvalue weighted by Crippen LogP contribution is -2.43. The topological polar surface area (TPSA) is 67.2 Å². The van der Waals surface area contributed by atoms with Gasteiger partial charge in [-0.05, 0) is 37.1 Å². The first kappa shape index (κ1) is 22.8. The normalized spacial score (nSPS) is 21.6. The maximum absolute atomic E-state index is 14.3. The van der Waals surface area contributed by atoms with Gasteiger partial charge in [0.2, 0.25) is 0 Å². The molecule has 5 rings (SSSR count). The van der Waals surface area contributed by atoms with E-state index in [0.717, 1.165) is 11.1 Å². The molecular weight excluding hydrogens is 443 g/mol. The number of piperidine rings is 1. The van der Waals surface area contributed by atoms with Crippen LogP contribution >= 0.6 is 0 Å². The minimum Gasteiger partial charge on any atom is -0.384 e. The lowest BCUT2D eigenvalue weighted by atomic mass is 9.78. The average molecular weight is 470 g/mol. The van der Waals surface area contributed by atoms with Crippen LogP contribution in [0, 0.1) is 0 Å². The van der Waals surface area contributed by atoms with E-state index < -0.39 is 30.0 Å². The molecule has 0 saturated carbocycles. The number of nitrogens with zero attached hydrogens (tertiary/aromatic N) is 2. The van der Waals surface area contributed by atoms with Gasteiger partial charge in [-0.1, -0.05) is 60.7 Å². The summed E-state index contributed by atoms with van der Waals surface area (Å²) < 4.78 is 44.5. The van der Waals surface area contributed by atoms with E-state index in [1.54, 1.807) is 4.68 Å². The number of fused-ring (bicyclic) bond motifs is 1. The Morgan fingerprint density at radius 3 is 2.06 bits per heavy atom. The Kier molecular flexibility index (Phi) is 6.04. The standard InChI is InChI=1S/C26H26F3N3O2/c27-26(28,29)22-21-19(15-20(33)25(22)34)32(31-23(21)16-11-13-30-14-12-16)24(17-7-3-1-4-8-17)18-9-5-2-6-10-18/h1-10,16,22,24-25,30,34H,11-15H2/t22-,25+/m1/s1. The number of carbonyl (C=O) groups excluding carboxylic acids is 1. The zero-order valence-corrected chi connectivity index (χ0v) is 18.5. The third kappa shape index (κ3) is 4.05. The van der Waals surface area contributed by atoms with Gasteiger partial charge in [-0.15, -0.1) is 0 Å². The summed E-state index contributed by atoms with van der Waals surface area (Å²) in [4.78, 5) is 12.6. The molecule has 2 N–H and O–H groups in total. The molecule has 178 valence electrons. The fourth-order valence-electron chi connectivity index (χ4n) is 5.33. The lowest BCUT2D eigenvalue weighted by molar-refractivity contribution is -0.179. The molecule has 1 aromatic heterocycles. The van der Waals surface area contributed by atoms with Crippen molar-refractivity contribution in [3.05, 3.63) is 88.7 Å². The first-order valence-corrected chi connectivity index (χ1v) is 11.6. The highest BCUT2D eigenvalue weighted by molar-refractivity contribution is 5.88. The fourth-order valence-corrected chi connectivity index (χ4v) is 5.33.